The predicted octanol–water partition coefficient (Wildman–Crippen LogP) is 3.16. The summed E-state index contributed by atoms with van der Waals surface area (Å²) in [5.41, 5.74) is 1.98. The molecule has 2 fully saturated rings. The molecule has 0 aliphatic heterocycles. The zero-order chi connectivity index (χ0) is 25.1. The molecular weight excluding hydrogens is 571 g/mol. The molecule has 6 rings (SSSR count). The Morgan fingerprint density at radius 1 is 0.676 bits per heavy atom. The van der Waals surface area contributed by atoms with Crippen molar-refractivity contribution in [1.82, 2.24) is 0 Å². The van der Waals surface area contributed by atoms with Crippen LogP contribution in [0.3, 0.4) is 0 Å². The van der Waals surface area contributed by atoms with Crippen molar-refractivity contribution >= 4 is 0 Å². The summed E-state index contributed by atoms with van der Waals surface area (Å²) in [7, 11) is 0. The number of halogens is 2. The maximum absolute atomic E-state index is 2.75. The van der Waals surface area contributed by atoms with Crippen LogP contribution in [0.2, 0.25) is 3.63 Å². The average molecular weight is 613 g/mol. The summed E-state index contributed by atoms with van der Waals surface area (Å²) in [5, 5.41) is 0. The summed E-state index contributed by atoms with van der Waals surface area (Å²) < 4.78 is 2.51. The number of rotatable bonds is 2. The third-order valence-electron chi connectivity index (χ3n) is 13.6. The van der Waals surface area contributed by atoms with Crippen LogP contribution >= 0.6 is 0 Å². The molecule has 0 bridgehead atoms. The largest absolute Gasteiger partial charge is 1.00 e. The third kappa shape index (κ3) is 2.77. The average Bonchev–Trinajstić information content (AvgIpc) is 3.39. The molecule has 9 atom stereocenters. The van der Waals surface area contributed by atoms with Crippen molar-refractivity contribution in [3.63, 3.8) is 0 Å². The molecule has 0 heterocycles. The second-order valence-electron chi connectivity index (χ2n) is 13.5. The van der Waals surface area contributed by atoms with Crippen LogP contribution in [-0.4, -0.2) is 0 Å². The molecule has 9 unspecified atom stereocenters. The summed E-state index contributed by atoms with van der Waals surface area (Å²) >= 11 is -0.868. The molecule has 0 saturated heterocycles. The van der Waals surface area contributed by atoms with Gasteiger partial charge in [-0.15, -0.1) is 0 Å². The molecule has 196 valence electrons. The van der Waals surface area contributed by atoms with Crippen LogP contribution in [-0.2, 0) is 23.2 Å². The van der Waals surface area contributed by atoms with Gasteiger partial charge in [-0.1, -0.05) is 0 Å². The van der Waals surface area contributed by atoms with Crippen molar-refractivity contribution in [1.29, 1.82) is 0 Å². The van der Waals surface area contributed by atoms with Gasteiger partial charge in [-0.05, 0) is 0 Å². The first-order valence-electron chi connectivity index (χ1n) is 13.6. The molecule has 0 N–H and O–H groups in total. The topological polar surface area (TPSA) is 0 Å². The van der Waals surface area contributed by atoms with Crippen LogP contribution in [0.5, 0.6) is 0 Å². The van der Waals surface area contributed by atoms with Gasteiger partial charge in [0, 0.05) is 0 Å². The van der Waals surface area contributed by atoms with E-state index >= 15 is 0 Å². The second-order valence-corrected chi connectivity index (χ2v) is 17.3. The van der Waals surface area contributed by atoms with Gasteiger partial charge >= 0.3 is 226 Å². The Bertz CT molecular complexity index is 1250. The monoisotopic (exact) mass is 610 g/mol. The van der Waals surface area contributed by atoms with Gasteiger partial charge in [-0.3, -0.25) is 0 Å². The van der Waals surface area contributed by atoms with Gasteiger partial charge in [0.2, 0.25) is 0 Å². The Hall–Kier alpha value is -0.617. The number of hydrogen-bond donors (Lipinski definition) is 0. The molecule has 6 aliphatic rings. The van der Waals surface area contributed by atoms with E-state index in [0.29, 0.717) is 5.92 Å². The minimum absolute atomic E-state index is 0. The van der Waals surface area contributed by atoms with E-state index in [9.17, 15) is 0 Å². The fraction of sp³-hybridized carbons (Fsp3) is 0.529. The molecule has 0 radical (unpaired) electrons. The Kier molecular flexibility index (Phi) is 6.90. The molecule has 37 heavy (non-hydrogen) atoms. The molecule has 0 amide bonds. The van der Waals surface area contributed by atoms with Crippen molar-refractivity contribution < 1.29 is 48.0 Å². The van der Waals surface area contributed by atoms with Crippen molar-refractivity contribution in [3.05, 3.63) is 93.9 Å². The molecule has 0 nitrogen and oxygen atoms in total. The molecule has 0 aromatic carbocycles. The third-order valence-corrected chi connectivity index (χ3v) is 18.5. The van der Waals surface area contributed by atoms with Gasteiger partial charge in [-0.2, -0.15) is 0 Å². The summed E-state index contributed by atoms with van der Waals surface area (Å²) in [6.07, 6.45) is 35.8. The van der Waals surface area contributed by atoms with Crippen LogP contribution in [0.4, 0.5) is 0 Å². The first-order chi connectivity index (χ1) is 16.4. The van der Waals surface area contributed by atoms with Crippen molar-refractivity contribution in [2.75, 3.05) is 0 Å². The minimum atomic E-state index is -0.868. The molecule has 3 heteroatoms. The molecule has 6 aliphatic carbocycles. The smallest absolute Gasteiger partial charge is 1.00 e. The van der Waals surface area contributed by atoms with E-state index in [1.807, 2.05) is 0 Å². The number of hydrogen-bond acceptors (Lipinski definition) is 0. The molecule has 0 spiro atoms. The van der Waals surface area contributed by atoms with Gasteiger partial charge in [0.05, 0.1) is 0 Å². The standard InChI is InChI=1S/C29H37.C5H5.2ClH.Zr/c1-21-14-13-15-22-20-27(6)25(4)18-10-9-16-23(25,2)24(3)17-11-12-19-26(24,5)29(27,8)28(21,22)7;1-2-4-5-3-1;;;/h9-20,22H,1-8H3;1-3H,4H2;2*1H;/q;;;;+2/p-2. The Balaban J connectivity index is 0.00000160. The Labute approximate surface area is 249 Å². The second kappa shape index (κ2) is 8.69. The van der Waals surface area contributed by atoms with Gasteiger partial charge in [-0.25, -0.2) is 0 Å². The van der Waals surface area contributed by atoms with Gasteiger partial charge in [0.1, 0.15) is 0 Å². The summed E-state index contributed by atoms with van der Waals surface area (Å²) in [5.74, 6) is 0.592. The van der Waals surface area contributed by atoms with E-state index in [2.05, 4.69) is 140 Å². The first kappa shape index (κ1) is 29.4. The van der Waals surface area contributed by atoms with E-state index in [-0.39, 0.29) is 62.7 Å². The van der Waals surface area contributed by atoms with Crippen LogP contribution in [0.15, 0.2) is 93.9 Å². The molecule has 0 aromatic rings. The number of allylic oxidation sites excluding steroid dienone is 16. The van der Waals surface area contributed by atoms with Crippen LogP contribution in [0.1, 0.15) is 61.8 Å². The zero-order valence-electron chi connectivity index (χ0n) is 23.7. The van der Waals surface area contributed by atoms with Crippen LogP contribution < -0.4 is 24.8 Å². The van der Waals surface area contributed by atoms with Gasteiger partial charge < -0.3 is 24.8 Å². The van der Waals surface area contributed by atoms with E-state index in [0.717, 1.165) is 3.63 Å². The normalized spacial score (nSPS) is 51.6. The van der Waals surface area contributed by atoms with Crippen molar-refractivity contribution in [3.8, 4) is 0 Å². The van der Waals surface area contributed by atoms with Gasteiger partial charge in [0.25, 0.3) is 0 Å². The van der Waals surface area contributed by atoms with Crippen molar-refractivity contribution in [2.45, 2.75) is 65.4 Å². The minimum Gasteiger partial charge on any atom is -1.00 e. The fourth-order valence-corrected chi connectivity index (χ4v) is 16.5. The molecular formula is C34H42Cl2Zr. The van der Waals surface area contributed by atoms with E-state index in [1.165, 1.54) is 6.42 Å². The van der Waals surface area contributed by atoms with E-state index in [1.54, 1.807) is 8.85 Å². The van der Waals surface area contributed by atoms with Crippen LogP contribution in [0.25, 0.3) is 0 Å². The van der Waals surface area contributed by atoms with Crippen molar-refractivity contribution in [2.24, 2.45) is 43.8 Å². The van der Waals surface area contributed by atoms with E-state index in [4.69, 9.17) is 0 Å². The number of fused-ring (bicyclic) bond motifs is 8. The summed E-state index contributed by atoms with van der Waals surface area (Å²) in [4.78, 5) is 0. The Morgan fingerprint density at radius 2 is 1.22 bits per heavy atom. The molecule has 2 saturated carbocycles. The van der Waals surface area contributed by atoms with E-state index < -0.39 is 23.2 Å². The molecule has 0 aromatic heterocycles. The zero-order valence-corrected chi connectivity index (χ0v) is 27.7. The quantitative estimate of drug-likeness (QED) is 0.450. The maximum atomic E-state index is 2.75. The van der Waals surface area contributed by atoms with Gasteiger partial charge in [0.15, 0.2) is 0 Å². The Morgan fingerprint density at radius 3 is 1.78 bits per heavy atom. The first-order valence-corrected chi connectivity index (χ1v) is 16.3. The summed E-state index contributed by atoms with van der Waals surface area (Å²) in [6.45, 7) is 21.1. The summed E-state index contributed by atoms with van der Waals surface area (Å²) in [6, 6.07) is 0. The predicted molar refractivity (Wildman–Crippen MR) is 145 cm³/mol. The fourth-order valence-electron chi connectivity index (χ4n) is 10.7. The van der Waals surface area contributed by atoms with Crippen LogP contribution in [0, 0.1) is 43.8 Å². The SMILES string of the molecule is CC1=CC=CC2[CH]([Zr+2][C]3=CC=CC3)C3(C)C4(C)C=CC=CC4(C)C4(C)C=CC=CC4(C)C3(C)C12C.[Cl-].[Cl-]. The maximum Gasteiger partial charge on any atom is -1.00 e.